The second-order valence-corrected chi connectivity index (χ2v) is 8.13. The molecule has 0 unspecified atom stereocenters. The van der Waals surface area contributed by atoms with E-state index in [1.807, 2.05) is 0 Å². The Kier molecular flexibility index (Phi) is 22.3. The third kappa shape index (κ3) is 21.7. The highest BCUT2D eigenvalue weighted by atomic mass is 16.2. The lowest BCUT2D eigenvalue weighted by Crippen LogP contribution is -1.97. The lowest BCUT2D eigenvalue weighted by Gasteiger charge is -2.04. The molecule has 0 saturated heterocycles. The lowest BCUT2D eigenvalue weighted by molar-refractivity contribution is -0.119. The molecule has 2 nitrogen and oxygen atoms in total. The maximum atomic E-state index is 11.9. The van der Waals surface area contributed by atoms with Gasteiger partial charge in [-0.15, -0.1) is 0 Å². The van der Waals surface area contributed by atoms with Crippen LogP contribution in [-0.4, -0.2) is 17.5 Å². The van der Waals surface area contributed by atoms with Crippen molar-refractivity contribution in [3.63, 3.8) is 0 Å². The molecule has 0 aliphatic carbocycles. The third-order valence-electron chi connectivity index (χ3n) is 5.42. The van der Waals surface area contributed by atoms with E-state index >= 15 is 0 Å². The van der Waals surface area contributed by atoms with Gasteiger partial charge in [0.05, 0.1) is 0 Å². The van der Waals surface area contributed by atoms with Crippen molar-refractivity contribution in [2.24, 2.45) is 0 Å². The monoisotopic (exact) mass is 368 g/mol. The van der Waals surface area contributed by atoms with Gasteiger partial charge in [-0.1, -0.05) is 110 Å². The van der Waals surface area contributed by atoms with Crippen LogP contribution in [-0.2, 0) is 4.79 Å². The summed E-state index contributed by atoms with van der Waals surface area (Å²) in [5, 5.41) is 8.72. The van der Waals surface area contributed by atoms with E-state index in [0.717, 1.165) is 32.1 Å². The zero-order valence-corrected chi connectivity index (χ0v) is 17.9. The molecule has 0 heterocycles. The summed E-state index contributed by atoms with van der Waals surface area (Å²) in [6, 6.07) is 0. The molecule has 0 atom stereocenters. The standard InChI is InChI=1S/C24H48O2/c1-2-3-4-5-6-9-12-15-18-21-24(26)22-19-16-13-10-7-8-11-14-17-20-23-25/h25H,2-23H2,1H3. The fourth-order valence-corrected chi connectivity index (χ4v) is 3.61. The van der Waals surface area contributed by atoms with Crippen molar-refractivity contribution in [2.45, 2.75) is 142 Å². The number of Topliss-reactive ketones (excluding diaryl/α,β-unsaturated/α-hetero) is 1. The molecule has 0 aliphatic rings. The Morgan fingerprint density at radius 1 is 0.500 bits per heavy atom. The first kappa shape index (κ1) is 25.6. The SMILES string of the molecule is CCCCCCCCCCCC(=O)CCCCCCCCCCCCO. The normalized spacial score (nSPS) is 11.2. The molecule has 0 fully saturated rings. The minimum Gasteiger partial charge on any atom is -0.396 e. The van der Waals surface area contributed by atoms with Gasteiger partial charge in [-0.2, -0.15) is 0 Å². The molecule has 156 valence electrons. The quantitative estimate of drug-likeness (QED) is 0.198. The first-order valence-electron chi connectivity index (χ1n) is 11.9. The topological polar surface area (TPSA) is 37.3 Å². The van der Waals surface area contributed by atoms with E-state index in [-0.39, 0.29) is 0 Å². The highest BCUT2D eigenvalue weighted by Crippen LogP contribution is 2.14. The average Bonchev–Trinajstić information content (AvgIpc) is 2.64. The number of aliphatic hydroxyl groups excluding tert-OH is 1. The van der Waals surface area contributed by atoms with Crippen molar-refractivity contribution < 1.29 is 9.90 Å². The third-order valence-corrected chi connectivity index (χ3v) is 5.42. The Hall–Kier alpha value is -0.370. The van der Waals surface area contributed by atoms with Gasteiger partial charge in [0.25, 0.3) is 0 Å². The van der Waals surface area contributed by atoms with Crippen LogP contribution in [0.25, 0.3) is 0 Å². The second-order valence-electron chi connectivity index (χ2n) is 8.13. The Morgan fingerprint density at radius 3 is 1.15 bits per heavy atom. The summed E-state index contributed by atoms with van der Waals surface area (Å²) in [7, 11) is 0. The smallest absolute Gasteiger partial charge is 0.132 e. The van der Waals surface area contributed by atoms with Crippen LogP contribution in [0, 0.1) is 0 Å². The van der Waals surface area contributed by atoms with Gasteiger partial charge < -0.3 is 5.11 Å². The minimum absolute atomic E-state index is 0.345. The molecule has 0 aromatic carbocycles. The highest BCUT2D eigenvalue weighted by molar-refractivity contribution is 5.78. The summed E-state index contributed by atoms with van der Waals surface area (Å²) in [5.74, 6) is 0.497. The summed E-state index contributed by atoms with van der Waals surface area (Å²) in [6.45, 7) is 2.61. The van der Waals surface area contributed by atoms with Gasteiger partial charge in [0, 0.05) is 19.4 Å². The molecule has 0 rings (SSSR count). The van der Waals surface area contributed by atoms with Crippen molar-refractivity contribution >= 4 is 5.78 Å². The van der Waals surface area contributed by atoms with Crippen molar-refractivity contribution in [1.82, 2.24) is 0 Å². The molecule has 0 spiro atoms. The molecule has 0 bridgehead atoms. The van der Waals surface area contributed by atoms with Crippen LogP contribution in [0.5, 0.6) is 0 Å². The van der Waals surface area contributed by atoms with Crippen molar-refractivity contribution in [2.75, 3.05) is 6.61 Å². The summed E-state index contributed by atoms with van der Waals surface area (Å²) in [4.78, 5) is 11.9. The molecule has 0 radical (unpaired) electrons. The molecule has 0 amide bonds. The Labute approximate surface area is 164 Å². The molecular formula is C24H48O2. The van der Waals surface area contributed by atoms with E-state index in [2.05, 4.69) is 6.92 Å². The second kappa shape index (κ2) is 22.7. The number of aliphatic hydroxyl groups is 1. The number of hydrogen-bond donors (Lipinski definition) is 1. The van der Waals surface area contributed by atoms with Crippen molar-refractivity contribution in [1.29, 1.82) is 0 Å². The minimum atomic E-state index is 0.345. The summed E-state index contributed by atoms with van der Waals surface area (Å²) in [6.07, 6.45) is 25.9. The lowest BCUT2D eigenvalue weighted by atomic mass is 10.0. The first-order chi connectivity index (χ1) is 12.8. The maximum Gasteiger partial charge on any atom is 0.132 e. The van der Waals surface area contributed by atoms with Gasteiger partial charge in [0.1, 0.15) is 5.78 Å². The van der Waals surface area contributed by atoms with Crippen LogP contribution in [0.1, 0.15) is 142 Å². The predicted molar refractivity (Wildman–Crippen MR) is 115 cm³/mol. The van der Waals surface area contributed by atoms with Gasteiger partial charge in [0.15, 0.2) is 0 Å². The van der Waals surface area contributed by atoms with Gasteiger partial charge in [-0.25, -0.2) is 0 Å². The molecule has 0 aromatic rings. The Bertz CT molecular complexity index is 275. The highest BCUT2D eigenvalue weighted by Gasteiger charge is 2.02. The van der Waals surface area contributed by atoms with E-state index in [1.165, 1.54) is 103 Å². The summed E-state index contributed by atoms with van der Waals surface area (Å²) >= 11 is 0. The van der Waals surface area contributed by atoms with Gasteiger partial charge in [-0.05, 0) is 19.3 Å². The zero-order valence-electron chi connectivity index (χ0n) is 17.9. The molecule has 0 aromatic heterocycles. The van der Waals surface area contributed by atoms with Gasteiger partial charge >= 0.3 is 0 Å². The van der Waals surface area contributed by atoms with E-state index in [0.29, 0.717) is 12.4 Å². The molecule has 2 heteroatoms. The van der Waals surface area contributed by atoms with E-state index in [9.17, 15) is 4.79 Å². The zero-order chi connectivity index (χ0) is 19.1. The Morgan fingerprint density at radius 2 is 0.808 bits per heavy atom. The fraction of sp³-hybridized carbons (Fsp3) is 0.958. The van der Waals surface area contributed by atoms with Gasteiger partial charge in [-0.3, -0.25) is 4.79 Å². The van der Waals surface area contributed by atoms with Crippen molar-refractivity contribution in [3.8, 4) is 0 Å². The van der Waals surface area contributed by atoms with Crippen LogP contribution >= 0.6 is 0 Å². The molecular weight excluding hydrogens is 320 g/mol. The summed E-state index contributed by atoms with van der Waals surface area (Å²) in [5.41, 5.74) is 0. The number of ketones is 1. The number of hydrogen-bond acceptors (Lipinski definition) is 2. The van der Waals surface area contributed by atoms with E-state index < -0.39 is 0 Å². The van der Waals surface area contributed by atoms with Crippen LogP contribution in [0.4, 0.5) is 0 Å². The average molecular weight is 369 g/mol. The molecule has 0 saturated carbocycles. The number of rotatable bonds is 22. The maximum absolute atomic E-state index is 11.9. The molecule has 26 heavy (non-hydrogen) atoms. The molecule has 0 aliphatic heterocycles. The predicted octanol–water partition coefficient (Wildman–Crippen LogP) is 7.76. The van der Waals surface area contributed by atoms with Crippen molar-refractivity contribution in [3.05, 3.63) is 0 Å². The van der Waals surface area contributed by atoms with Crippen LogP contribution < -0.4 is 0 Å². The largest absolute Gasteiger partial charge is 0.396 e. The van der Waals surface area contributed by atoms with Crippen LogP contribution in [0.15, 0.2) is 0 Å². The van der Waals surface area contributed by atoms with Gasteiger partial charge in [0.2, 0.25) is 0 Å². The summed E-state index contributed by atoms with van der Waals surface area (Å²) < 4.78 is 0. The Balaban J connectivity index is 3.13. The number of unbranched alkanes of at least 4 members (excludes halogenated alkanes) is 17. The van der Waals surface area contributed by atoms with Crippen LogP contribution in [0.2, 0.25) is 0 Å². The van der Waals surface area contributed by atoms with Crippen LogP contribution in [0.3, 0.4) is 0 Å². The molecule has 1 N–H and O–H groups in total. The van der Waals surface area contributed by atoms with E-state index in [1.54, 1.807) is 0 Å². The number of carbonyl (C=O) groups is 1. The number of carbonyl (C=O) groups excluding carboxylic acids is 1. The van der Waals surface area contributed by atoms with E-state index in [4.69, 9.17) is 5.11 Å². The fourth-order valence-electron chi connectivity index (χ4n) is 3.61. The first-order valence-corrected chi connectivity index (χ1v) is 11.9.